The van der Waals surface area contributed by atoms with Gasteiger partial charge in [-0.1, -0.05) is 33.6 Å². The minimum absolute atomic E-state index is 0.0433. The van der Waals surface area contributed by atoms with Gasteiger partial charge in [-0.25, -0.2) is 4.79 Å². The molecule has 0 aromatic rings. The molecule has 4 nitrogen and oxygen atoms in total. The highest BCUT2D eigenvalue weighted by Crippen LogP contribution is 2.28. The number of nitrogens with one attached hydrogen (secondary N) is 2. The lowest BCUT2D eigenvalue weighted by atomic mass is 9.88. The van der Waals surface area contributed by atoms with Gasteiger partial charge < -0.3 is 15.7 Å². The highest BCUT2D eigenvalue weighted by molar-refractivity contribution is 5.74. The standard InChI is InChI=1S/C13H26N2O2/c1-10(12(2,3)4)15-11(16)14-9-13(17)7-5-6-8-13/h10,17H,5-9H2,1-4H3,(H2,14,15,16). The van der Waals surface area contributed by atoms with Crippen LogP contribution in [0.15, 0.2) is 0 Å². The van der Waals surface area contributed by atoms with Crippen molar-refractivity contribution < 1.29 is 9.90 Å². The Bertz CT molecular complexity index is 265. The van der Waals surface area contributed by atoms with E-state index >= 15 is 0 Å². The number of carbonyl (C=O) groups is 1. The Balaban J connectivity index is 2.30. The maximum absolute atomic E-state index is 11.7. The molecule has 1 aliphatic rings. The molecule has 1 rings (SSSR count). The Kier molecular flexibility index (Phi) is 4.42. The molecule has 0 aliphatic heterocycles. The summed E-state index contributed by atoms with van der Waals surface area (Å²) >= 11 is 0. The molecular weight excluding hydrogens is 216 g/mol. The summed E-state index contributed by atoms with van der Waals surface area (Å²) in [7, 11) is 0. The Labute approximate surface area is 104 Å². The summed E-state index contributed by atoms with van der Waals surface area (Å²) in [5.41, 5.74) is -0.635. The predicted molar refractivity (Wildman–Crippen MR) is 68.9 cm³/mol. The maximum Gasteiger partial charge on any atom is 0.315 e. The van der Waals surface area contributed by atoms with Gasteiger partial charge in [0.15, 0.2) is 0 Å². The molecule has 3 N–H and O–H groups in total. The summed E-state index contributed by atoms with van der Waals surface area (Å²) < 4.78 is 0. The molecule has 0 aromatic carbocycles. The number of rotatable bonds is 3. The average Bonchev–Trinajstić information content (AvgIpc) is 2.61. The second kappa shape index (κ2) is 5.25. The molecule has 1 saturated carbocycles. The van der Waals surface area contributed by atoms with Crippen LogP contribution in [0.4, 0.5) is 4.79 Å². The van der Waals surface area contributed by atoms with Crippen molar-refractivity contribution in [1.82, 2.24) is 10.6 Å². The van der Waals surface area contributed by atoms with E-state index < -0.39 is 5.60 Å². The number of hydrogen-bond donors (Lipinski definition) is 3. The van der Waals surface area contributed by atoms with E-state index in [9.17, 15) is 9.90 Å². The molecule has 1 unspecified atom stereocenters. The Morgan fingerprint density at radius 3 is 2.35 bits per heavy atom. The first kappa shape index (κ1) is 14.3. The number of hydrogen-bond acceptors (Lipinski definition) is 2. The maximum atomic E-state index is 11.7. The second-order valence-corrected chi connectivity index (χ2v) is 6.35. The van der Waals surface area contributed by atoms with Crippen molar-refractivity contribution in [2.45, 2.75) is 65.0 Å². The van der Waals surface area contributed by atoms with Gasteiger partial charge in [0, 0.05) is 12.6 Å². The van der Waals surface area contributed by atoms with Gasteiger partial charge in [0.1, 0.15) is 0 Å². The van der Waals surface area contributed by atoms with Crippen LogP contribution >= 0.6 is 0 Å². The fourth-order valence-corrected chi connectivity index (χ4v) is 1.92. The second-order valence-electron chi connectivity index (χ2n) is 6.35. The first-order chi connectivity index (χ1) is 7.73. The quantitative estimate of drug-likeness (QED) is 0.709. The largest absolute Gasteiger partial charge is 0.388 e. The average molecular weight is 242 g/mol. The molecule has 0 spiro atoms. The fourth-order valence-electron chi connectivity index (χ4n) is 1.92. The first-order valence-electron chi connectivity index (χ1n) is 6.50. The highest BCUT2D eigenvalue weighted by Gasteiger charge is 2.31. The van der Waals surface area contributed by atoms with Crippen LogP contribution in [0.2, 0.25) is 0 Å². The van der Waals surface area contributed by atoms with Gasteiger partial charge in [-0.15, -0.1) is 0 Å². The van der Waals surface area contributed by atoms with E-state index in [4.69, 9.17) is 0 Å². The summed E-state index contributed by atoms with van der Waals surface area (Å²) in [5.74, 6) is 0. The molecule has 1 atom stereocenters. The Morgan fingerprint density at radius 1 is 1.35 bits per heavy atom. The molecule has 1 fully saturated rings. The van der Waals surface area contributed by atoms with Gasteiger partial charge in [0.05, 0.1) is 5.60 Å². The van der Waals surface area contributed by atoms with Crippen molar-refractivity contribution >= 4 is 6.03 Å². The van der Waals surface area contributed by atoms with Gasteiger partial charge in [0.2, 0.25) is 0 Å². The lowest BCUT2D eigenvalue weighted by molar-refractivity contribution is 0.0498. The van der Waals surface area contributed by atoms with Crippen LogP contribution in [-0.2, 0) is 0 Å². The summed E-state index contributed by atoms with van der Waals surface area (Å²) in [6.45, 7) is 8.60. The lowest BCUT2D eigenvalue weighted by Gasteiger charge is -2.29. The fraction of sp³-hybridized carbons (Fsp3) is 0.923. The monoisotopic (exact) mass is 242 g/mol. The van der Waals surface area contributed by atoms with Crippen LogP contribution in [0.5, 0.6) is 0 Å². The SMILES string of the molecule is CC(NC(=O)NCC1(O)CCCC1)C(C)(C)C. The Hall–Kier alpha value is -0.770. The lowest BCUT2D eigenvalue weighted by Crippen LogP contribution is -2.50. The van der Waals surface area contributed by atoms with Crippen LogP contribution in [-0.4, -0.2) is 29.3 Å². The van der Waals surface area contributed by atoms with Crippen molar-refractivity contribution in [2.75, 3.05) is 6.54 Å². The van der Waals surface area contributed by atoms with E-state index in [2.05, 4.69) is 31.4 Å². The highest BCUT2D eigenvalue weighted by atomic mass is 16.3. The third kappa shape index (κ3) is 4.54. The summed E-state index contributed by atoms with van der Waals surface area (Å²) in [6.07, 6.45) is 3.70. The van der Waals surface area contributed by atoms with Crippen molar-refractivity contribution in [2.24, 2.45) is 5.41 Å². The molecule has 1 aliphatic carbocycles. The zero-order valence-electron chi connectivity index (χ0n) is 11.5. The number of carbonyl (C=O) groups excluding carboxylic acids is 1. The van der Waals surface area contributed by atoms with E-state index in [0.29, 0.717) is 6.54 Å². The van der Waals surface area contributed by atoms with E-state index in [-0.39, 0.29) is 17.5 Å². The van der Waals surface area contributed by atoms with Crippen molar-refractivity contribution in [3.63, 3.8) is 0 Å². The van der Waals surface area contributed by atoms with Crippen LogP contribution in [0.1, 0.15) is 53.4 Å². The smallest absolute Gasteiger partial charge is 0.315 e. The molecule has 0 heterocycles. The minimum Gasteiger partial charge on any atom is -0.388 e. The van der Waals surface area contributed by atoms with Gasteiger partial charge in [-0.2, -0.15) is 0 Å². The molecule has 4 heteroatoms. The normalized spacial score (nSPS) is 21.0. The van der Waals surface area contributed by atoms with E-state index in [1.165, 1.54) is 0 Å². The zero-order chi connectivity index (χ0) is 13.1. The third-order valence-corrected chi connectivity index (χ3v) is 3.76. The van der Waals surface area contributed by atoms with Crippen LogP contribution in [0.25, 0.3) is 0 Å². The van der Waals surface area contributed by atoms with Gasteiger partial charge in [-0.05, 0) is 25.2 Å². The topological polar surface area (TPSA) is 61.4 Å². The van der Waals surface area contributed by atoms with Gasteiger partial charge in [-0.3, -0.25) is 0 Å². The molecular formula is C13H26N2O2. The molecule has 17 heavy (non-hydrogen) atoms. The van der Waals surface area contributed by atoms with E-state index in [1.807, 2.05) is 6.92 Å². The summed E-state index contributed by atoms with van der Waals surface area (Å²) in [6, 6.07) is -0.0894. The molecule has 0 radical (unpaired) electrons. The molecule has 0 saturated heterocycles. The first-order valence-corrected chi connectivity index (χ1v) is 6.50. The van der Waals surface area contributed by atoms with Crippen LogP contribution in [0.3, 0.4) is 0 Å². The minimum atomic E-state index is -0.678. The molecule has 0 bridgehead atoms. The molecule has 100 valence electrons. The van der Waals surface area contributed by atoms with Crippen molar-refractivity contribution in [1.29, 1.82) is 0 Å². The van der Waals surface area contributed by atoms with Crippen molar-refractivity contribution in [3.05, 3.63) is 0 Å². The van der Waals surface area contributed by atoms with E-state index in [1.54, 1.807) is 0 Å². The van der Waals surface area contributed by atoms with Crippen LogP contribution in [0, 0.1) is 5.41 Å². The van der Waals surface area contributed by atoms with Crippen LogP contribution < -0.4 is 10.6 Å². The van der Waals surface area contributed by atoms with Gasteiger partial charge in [0.25, 0.3) is 0 Å². The van der Waals surface area contributed by atoms with Gasteiger partial charge >= 0.3 is 6.03 Å². The third-order valence-electron chi connectivity index (χ3n) is 3.76. The molecule has 2 amide bonds. The number of amides is 2. The number of urea groups is 1. The summed E-state index contributed by atoms with van der Waals surface area (Å²) in [4.78, 5) is 11.7. The number of aliphatic hydroxyl groups is 1. The summed E-state index contributed by atoms with van der Waals surface area (Å²) in [5, 5.41) is 15.8. The van der Waals surface area contributed by atoms with Crippen molar-refractivity contribution in [3.8, 4) is 0 Å². The Morgan fingerprint density at radius 2 is 1.88 bits per heavy atom. The zero-order valence-corrected chi connectivity index (χ0v) is 11.5. The van der Waals surface area contributed by atoms with E-state index in [0.717, 1.165) is 25.7 Å². The predicted octanol–water partition coefficient (Wildman–Crippen LogP) is 2.03. The molecule has 0 aromatic heterocycles.